The highest BCUT2D eigenvalue weighted by Gasteiger charge is 2.31. The van der Waals surface area contributed by atoms with Crippen LogP contribution in [0.5, 0.6) is 0 Å². The molecule has 0 saturated carbocycles. The number of carbonyl (C=O) groups excluding carboxylic acids is 1. The molecule has 0 saturated heterocycles. The zero-order chi connectivity index (χ0) is 10.5. The van der Waals surface area contributed by atoms with Crippen molar-refractivity contribution < 1.29 is 4.79 Å². The summed E-state index contributed by atoms with van der Waals surface area (Å²) in [6.07, 6.45) is 3.54. The molecule has 0 amide bonds. The van der Waals surface area contributed by atoms with Crippen molar-refractivity contribution in [2.24, 2.45) is 5.92 Å². The molecule has 0 fully saturated rings. The first-order chi connectivity index (χ1) is 5.98. The van der Waals surface area contributed by atoms with E-state index in [0.29, 0.717) is 0 Å². The lowest BCUT2D eigenvalue weighted by molar-refractivity contribution is -0.127. The Morgan fingerprint density at radius 3 is 2.46 bits per heavy atom. The molecule has 0 heterocycles. The van der Waals surface area contributed by atoms with E-state index in [2.05, 4.69) is 11.9 Å². The van der Waals surface area contributed by atoms with Crippen LogP contribution in [0.3, 0.4) is 0 Å². The number of nitrogens with one attached hydrogen (secondary N) is 1. The Hall–Kier alpha value is -0.630. The maximum Gasteiger partial charge on any atom is 0.155 e. The Morgan fingerprint density at radius 2 is 2.15 bits per heavy atom. The average molecular weight is 183 g/mol. The van der Waals surface area contributed by atoms with E-state index in [-0.39, 0.29) is 17.2 Å². The summed E-state index contributed by atoms with van der Waals surface area (Å²) in [4.78, 5) is 11.8. The summed E-state index contributed by atoms with van der Waals surface area (Å²) >= 11 is 0. The van der Waals surface area contributed by atoms with Crippen LogP contribution < -0.4 is 5.32 Å². The first kappa shape index (κ1) is 12.4. The topological polar surface area (TPSA) is 29.1 Å². The maximum atomic E-state index is 11.8. The molecule has 0 aliphatic carbocycles. The van der Waals surface area contributed by atoms with Gasteiger partial charge >= 0.3 is 0 Å². The van der Waals surface area contributed by atoms with Crippen molar-refractivity contribution in [3.8, 4) is 0 Å². The van der Waals surface area contributed by atoms with Crippen molar-refractivity contribution in [2.45, 2.75) is 39.2 Å². The molecule has 0 rings (SSSR count). The molecule has 2 nitrogen and oxygen atoms in total. The minimum absolute atomic E-state index is 0.0854. The molecule has 76 valence electrons. The molecule has 0 bridgehead atoms. The minimum Gasteiger partial charge on any atom is -0.308 e. The fourth-order valence-electron chi connectivity index (χ4n) is 1.40. The van der Waals surface area contributed by atoms with Gasteiger partial charge in [0.15, 0.2) is 5.78 Å². The third-order valence-corrected chi connectivity index (χ3v) is 2.47. The maximum absolute atomic E-state index is 11.8. The molecule has 0 aromatic carbocycles. The second-order valence-electron chi connectivity index (χ2n) is 3.93. The SMILES string of the molecule is C=CCCC(C)(NC)C(=O)C(C)C. The van der Waals surface area contributed by atoms with Crippen LogP contribution >= 0.6 is 0 Å². The van der Waals surface area contributed by atoms with Gasteiger partial charge in [0, 0.05) is 5.92 Å². The third kappa shape index (κ3) is 3.31. The lowest BCUT2D eigenvalue weighted by atomic mass is 9.85. The van der Waals surface area contributed by atoms with Gasteiger partial charge in [0.2, 0.25) is 0 Å². The smallest absolute Gasteiger partial charge is 0.155 e. The molecular formula is C11H21NO. The third-order valence-electron chi connectivity index (χ3n) is 2.47. The lowest BCUT2D eigenvalue weighted by Crippen LogP contribution is -2.49. The first-order valence-electron chi connectivity index (χ1n) is 4.82. The van der Waals surface area contributed by atoms with Crippen molar-refractivity contribution in [1.82, 2.24) is 5.32 Å². The normalized spacial score (nSPS) is 15.5. The van der Waals surface area contributed by atoms with Crippen LogP contribution in [0.2, 0.25) is 0 Å². The number of likely N-dealkylation sites (N-methyl/N-ethyl adjacent to an activating group) is 1. The van der Waals surface area contributed by atoms with E-state index >= 15 is 0 Å². The van der Waals surface area contributed by atoms with Gasteiger partial charge in [0.1, 0.15) is 0 Å². The van der Waals surface area contributed by atoms with E-state index < -0.39 is 0 Å². The van der Waals surface area contributed by atoms with Crippen LogP contribution in [0.25, 0.3) is 0 Å². The van der Waals surface area contributed by atoms with Crippen molar-refractivity contribution in [1.29, 1.82) is 0 Å². The molecule has 1 atom stereocenters. The van der Waals surface area contributed by atoms with Gasteiger partial charge in [-0.15, -0.1) is 6.58 Å². The lowest BCUT2D eigenvalue weighted by Gasteiger charge is -2.29. The van der Waals surface area contributed by atoms with Crippen molar-refractivity contribution in [3.63, 3.8) is 0 Å². The molecule has 1 N–H and O–H groups in total. The summed E-state index contributed by atoms with van der Waals surface area (Å²) in [5.74, 6) is 0.360. The monoisotopic (exact) mass is 183 g/mol. The van der Waals surface area contributed by atoms with E-state index in [9.17, 15) is 4.79 Å². The van der Waals surface area contributed by atoms with Gasteiger partial charge in [-0.05, 0) is 26.8 Å². The largest absolute Gasteiger partial charge is 0.308 e. The van der Waals surface area contributed by atoms with Gasteiger partial charge in [-0.3, -0.25) is 4.79 Å². The van der Waals surface area contributed by atoms with Gasteiger partial charge in [-0.2, -0.15) is 0 Å². The highest BCUT2D eigenvalue weighted by Crippen LogP contribution is 2.17. The minimum atomic E-state index is -0.387. The molecular weight excluding hydrogens is 162 g/mol. The second kappa shape index (κ2) is 5.18. The van der Waals surface area contributed by atoms with E-state index in [1.807, 2.05) is 33.9 Å². The van der Waals surface area contributed by atoms with E-state index in [4.69, 9.17) is 0 Å². The van der Waals surface area contributed by atoms with Gasteiger partial charge in [-0.25, -0.2) is 0 Å². The molecule has 0 spiro atoms. The number of Topliss-reactive ketones (excluding diaryl/α,β-unsaturated/α-hetero) is 1. The molecule has 13 heavy (non-hydrogen) atoms. The van der Waals surface area contributed by atoms with E-state index in [0.717, 1.165) is 12.8 Å². The quantitative estimate of drug-likeness (QED) is 0.639. The molecule has 2 heteroatoms. The summed E-state index contributed by atoms with van der Waals surface area (Å²) in [6.45, 7) is 9.49. The Labute approximate surface area is 81.4 Å². The Morgan fingerprint density at radius 1 is 1.62 bits per heavy atom. The van der Waals surface area contributed by atoms with Crippen molar-refractivity contribution in [3.05, 3.63) is 12.7 Å². The zero-order valence-corrected chi connectivity index (χ0v) is 9.18. The molecule has 0 aliphatic rings. The van der Waals surface area contributed by atoms with Crippen LogP contribution in [0.4, 0.5) is 0 Å². The van der Waals surface area contributed by atoms with Crippen molar-refractivity contribution >= 4 is 5.78 Å². The number of hydrogen-bond donors (Lipinski definition) is 1. The van der Waals surface area contributed by atoms with E-state index in [1.54, 1.807) is 0 Å². The summed E-state index contributed by atoms with van der Waals surface area (Å²) in [7, 11) is 1.84. The fourth-order valence-corrected chi connectivity index (χ4v) is 1.40. The van der Waals surface area contributed by atoms with Gasteiger partial charge < -0.3 is 5.32 Å². The number of allylic oxidation sites excluding steroid dienone is 1. The highest BCUT2D eigenvalue weighted by atomic mass is 16.1. The predicted octanol–water partition coefficient (Wildman–Crippen LogP) is 2.16. The number of hydrogen-bond acceptors (Lipinski definition) is 2. The fraction of sp³-hybridized carbons (Fsp3) is 0.727. The Kier molecular flexibility index (Phi) is 4.92. The van der Waals surface area contributed by atoms with Gasteiger partial charge in [0.25, 0.3) is 0 Å². The van der Waals surface area contributed by atoms with Crippen LogP contribution in [-0.2, 0) is 4.79 Å². The summed E-state index contributed by atoms with van der Waals surface area (Å²) in [6, 6.07) is 0. The standard InChI is InChI=1S/C11H21NO/c1-6-7-8-11(4,12-5)10(13)9(2)3/h6,9,12H,1,7-8H2,2-5H3. The Bertz CT molecular complexity index is 187. The molecule has 0 radical (unpaired) electrons. The molecule has 0 aromatic rings. The number of ketones is 1. The van der Waals surface area contributed by atoms with Crippen LogP contribution in [0.15, 0.2) is 12.7 Å². The van der Waals surface area contributed by atoms with Crippen LogP contribution in [0, 0.1) is 5.92 Å². The summed E-state index contributed by atoms with van der Waals surface area (Å²) in [5, 5.41) is 3.10. The molecule has 1 unspecified atom stereocenters. The van der Waals surface area contributed by atoms with Crippen LogP contribution in [-0.4, -0.2) is 18.4 Å². The summed E-state index contributed by atoms with van der Waals surface area (Å²) in [5.41, 5.74) is -0.387. The predicted molar refractivity (Wildman–Crippen MR) is 56.7 cm³/mol. The first-order valence-corrected chi connectivity index (χ1v) is 4.82. The van der Waals surface area contributed by atoms with E-state index in [1.165, 1.54) is 0 Å². The Balaban J connectivity index is 4.42. The van der Waals surface area contributed by atoms with Crippen LogP contribution in [0.1, 0.15) is 33.6 Å². The molecule has 0 aromatic heterocycles. The summed E-state index contributed by atoms with van der Waals surface area (Å²) < 4.78 is 0. The second-order valence-corrected chi connectivity index (χ2v) is 3.93. The zero-order valence-electron chi connectivity index (χ0n) is 9.18. The number of carbonyl (C=O) groups is 1. The highest BCUT2D eigenvalue weighted by molar-refractivity contribution is 5.89. The average Bonchev–Trinajstić information content (AvgIpc) is 2.12. The van der Waals surface area contributed by atoms with Crippen molar-refractivity contribution in [2.75, 3.05) is 7.05 Å². The van der Waals surface area contributed by atoms with Gasteiger partial charge in [-0.1, -0.05) is 19.9 Å². The van der Waals surface area contributed by atoms with Gasteiger partial charge in [0.05, 0.1) is 5.54 Å². The number of rotatable bonds is 6. The molecule has 0 aliphatic heterocycles.